The Labute approximate surface area is 129 Å². The fraction of sp³-hybridized carbons (Fsp3) is 0.133. The lowest BCUT2D eigenvalue weighted by molar-refractivity contribution is 0.919. The van der Waals surface area contributed by atoms with Crippen LogP contribution in [0.15, 0.2) is 51.4 Å². The first kappa shape index (κ1) is 14.1. The zero-order chi connectivity index (χ0) is 13.8. The van der Waals surface area contributed by atoms with E-state index < -0.39 is 0 Å². The largest absolute Gasteiger partial charge is 0.369 e. The van der Waals surface area contributed by atoms with Crippen molar-refractivity contribution in [2.45, 2.75) is 6.54 Å². The van der Waals surface area contributed by atoms with E-state index in [0.29, 0.717) is 5.56 Å². The Kier molecular flexibility index (Phi) is 4.62. The van der Waals surface area contributed by atoms with Gasteiger partial charge in [-0.05, 0) is 35.9 Å². The SMILES string of the molecule is CN(Cc1cccc(Br)c1)c1cc(Br)ccc1C#N. The van der Waals surface area contributed by atoms with Crippen molar-refractivity contribution in [1.82, 2.24) is 0 Å². The Balaban J connectivity index is 2.27. The van der Waals surface area contributed by atoms with Crippen molar-refractivity contribution in [3.05, 3.63) is 62.5 Å². The zero-order valence-corrected chi connectivity index (χ0v) is 13.6. The van der Waals surface area contributed by atoms with E-state index >= 15 is 0 Å². The van der Waals surface area contributed by atoms with Gasteiger partial charge in [-0.2, -0.15) is 5.26 Å². The molecule has 0 saturated heterocycles. The molecule has 0 aliphatic rings. The Bertz CT molecular complexity index is 632. The van der Waals surface area contributed by atoms with Crippen molar-refractivity contribution in [1.29, 1.82) is 5.26 Å². The molecule has 0 heterocycles. The topological polar surface area (TPSA) is 27.0 Å². The van der Waals surface area contributed by atoms with Gasteiger partial charge in [0.2, 0.25) is 0 Å². The van der Waals surface area contributed by atoms with Crippen LogP contribution in [0.25, 0.3) is 0 Å². The van der Waals surface area contributed by atoms with Gasteiger partial charge >= 0.3 is 0 Å². The van der Waals surface area contributed by atoms with E-state index in [1.165, 1.54) is 5.56 Å². The van der Waals surface area contributed by atoms with Crippen LogP contribution in [-0.4, -0.2) is 7.05 Å². The van der Waals surface area contributed by atoms with E-state index in [0.717, 1.165) is 21.2 Å². The number of nitriles is 1. The van der Waals surface area contributed by atoms with Gasteiger partial charge in [-0.1, -0.05) is 44.0 Å². The number of anilines is 1. The van der Waals surface area contributed by atoms with Gasteiger partial charge in [0.05, 0.1) is 11.3 Å². The predicted molar refractivity (Wildman–Crippen MR) is 85.1 cm³/mol. The fourth-order valence-corrected chi connectivity index (χ4v) is 2.71. The molecule has 0 unspecified atom stereocenters. The van der Waals surface area contributed by atoms with E-state index in [9.17, 15) is 0 Å². The predicted octanol–water partition coefficient (Wildman–Crippen LogP) is 4.72. The van der Waals surface area contributed by atoms with Crippen LogP contribution in [0.2, 0.25) is 0 Å². The molecular weight excluding hydrogens is 368 g/mol. The molecule has 2 rings (SSSR count). The molecule has 0 aromatic heterocycles. The lowest BCUT2D eigenvalue weighted by atomic mass is 10.1. The molecule has 0 fully saturated rings. The summed E-state index contributed by atoms with van der Waals surface area (Å²) in [6, 6.07) is 16.1. The molecule has 0 aliphatic heterocycles. The van der Waals surface area contributed by atoms with Crippen molar-refractivity contribution in [3.63, 3.8) is 0 Å². The van der Waals surface area contributed by atoms with E-state index in [4.69, 9.17) is 5.26 Å². The molecule has 0 spiro atoms. The summed E-state index contributed by atoms with van der Waals surface area (Å²) in [5, 5.41) is 9.17. The number of benzene rings is 2. The molecule has 2 aromatic rings. The summed E-state index contributed by atoms with van der Waals surface area (Å²) in [5.41, 5.74) is 2.80. The molecule has 0 bridgehead atoms. The van der Waals surface area contributed by atoms with E-state index in [2.05, 4.69) is 55.0 Å². The molecule has 2 nitrogen and oxygen atoms in total. The number of rotatable bonds is 3. The highest BCUT2D eigenvalue weighted by Gasteiger charge is 2.08. The van der Waals surface area contributed by atoms with Crippen LogP contribution in [0.1, 0.15) is 11.1 Å². The lowest BCUT2D eigenvalue weighted by Gasteiger charge is -2.21. The van der Waals surface area contributed by atoms with Crippen LogP contribution in [0.3, 0.4) is 0 Å². The Morgan fingerprint density at radius 2 is 1.84 bits per heavy atom. The second kappa shape index (κ2) is 6.23. The average molecular weight is 380 g/mol. The van der Waals surface area contributed by atoms with Crippen molar-refractivity contribution in [2.75, 3.05) is 11.9 Å². The molecule has 2 aromatic carbocycles. The number of hydrogen-bond acceptors (Lipinski definition) is 2. The summed E-state index contributed by atoms with van der Waals surface area (Å²) < 4.78 is 2.04. The fourth-order valence-electron chi connectivity index (χ4n) is 1.91. The molecule has 0 saturated carbocycles. The highest BCUT2D eigenvalue weighted by molar-refractivity contribution is 9.10. The second-order valence-electron chi connectivity index (χ2n) is 4.26. The van der Waals surface area contributed by atoms with Gasteiger partial charge in [0, 0.05) is 22.5 Å². The summed E-state index contributed by atoms with van der Waals surface area (Å²) in [6.45, 7) is 0.755. The minimum atomic E-state index is 0.681. The summed E-state index contributed by atoms with van der Waals surface area (Å²) >= 11 is 6.92. The first-order valence-corrected chi connectivity index (χ1v) is 7.34. The molecule has 0 atom stereocenters. The van der Waals surface area contributed by atoms with Gasteiger partial charge in [0.1, 0.15) is 6.07 Å². The zero-order valence-electron chi connectivity index (χ0n) is 10.4. The molecule has 96 valence electrons. The quantitative estimate of drug-likeness (QED) is 0.771. The molecule has 0 aliphatic carbocycles. The smallest absolute Gasteiger partial charge is 0.101 e. The first-order valence-electron chi connectivity index (χ1n) is 5.75. The minimum Gasteiger partial charge on any atom is -0.369 e. The summed E-state index contributed by atoms with van der Waals surface area (Å²) in [4.78, 5) is 2.07. The first-order chi connectivity index (χ1) is 9.10. The van der Waals surface area contributed by atoms with Gasteiger partial charge in [0.15, 0.2) is 0 Å². The van der Waals surface area contributed by atoms with Crippen LogP contribution in [-0.2, 0) is 6.54 Å². The Morgan fingerprint density at radius 3 is 2.53 bits per heavy atom. The maximum Gasteiger partial charge on any atom is 0.101 e. The van der Waals surface area contributed by atoms with Crippen molar-refractivity contribution in [2.24, 2.45) is 0 Å². The Morgan fingerprint density at radius 1 is 1.11 bits per heavy atom. The second-order valence-corrected chi connectivity index (χ2v) is 6.09. The van der Waals surface area contributed by atoms with Gasteiger partial charge < -0.3 is 4.90 Å². The number of halogens is 2. The Hall–Kier alpha value is -1.31. The van der Waals surface area contributed by atoms with E-state index in [1.807, 2.05) is 37.4 Å². The third-order valence-electron chi connectivity index (χ3n) is 2.80. The third-order valence-corrected chi connectivity index (χ3v) is 3.79. The minimum absolute atomic E-state index is 0.681. The van der Waals surface area contributed by atoms with Crippen LogP contribution in [0.4, 0.5) is 5.69 Å². The number of hydrogen-bond donors (Lipinski definition) is 0. The maximum atomic E-state index is 9.17. The molecule has 4 heteroatoms. The lowest BCUT2D eigenvalue weighted by Crippen LogP contribution is -2.17. The van der Waals surface area contributed by atoms with Crippen LogP contribution >= 0.6 is 31.9 Å². The maximum absolute atomic E-state index is 9.17. The number of nitrogens with zero attached hydrogens (tertiary/aromatic N) is 2. The van der Waals surface area contributed by atoms with Crippen LogP contribution in [0.5, 0.6) is 0 Å². The van der Waals surface area contributed by atoms with Gasteiger partial charge in [-0.15, -0.1) is 0 Å². The van der Waals surface area contributed by atoms with Gasteiger partial charge in [-0.25, -0.2) is 0 Å². The highest BCUT2D eigenvalue weighted by atomic mass is 79.9. The van der Waals surface area contributed by atoms with Crippen LogP contribution < -0.4 is 4.90 Å². The molecule has 19 heavy (non-hydrogen) atoms. The standard InChI is InChI=1S/C15H12Br2N2/c1-19(10-11-3-2-4-13(16)7-11)15-8-14(17)6-5-12(15)9-18/h2-8H,10H2,1H3. The monoisotopic (exact) mass is 378 g/mol. The third kappa shape index (κ3) is 3.59. The van der Waals surface area contributed by atoms with Gasteiger partial charge in [-0.3, -0.25) is 0 Å². The summed E-state index contributed by atoms with van der Waals surface area (Å²) in [5.74, 6) is 0. The van der Waals surface area contributed by atoms with Crippen molar-refractivity contribution < 1.29 is 0 Å². The molecular formula is C15H12Br2N2. The molecule has 0 radical (unpaired) electrons. The normalized spacial score (nSPS) is 10.0. The summed E-state index contributed by atoms with van der Waals surface area (Å²) in [7, 11) is 1.99. The van der Waals surface area contributed by atoms with E-state index in [-0.39, 0.29) is 0 Å². The van der Waals surface area contributed by atoms with Crippen LogP contribution in [0, 0.1) is 11.3 Å². The summed E-state index contributed by atoms with van der Waals surface area (Å²) in [6.07, 6.45) is 0. The van der Waals surface area contributed by atoms with Crippen molar-refractivity contribution >= 4 is 37.5 Å². The highest BCUT2D eigenvalue weighted by Crippen LogP contribution is 2.25. The molecule has 0 amide bonds. The van der Waals surface area contributed by atoms with Crippen molar-refractivity contribution in [3.8, 4) is 6.07 Å². The molecule has 0 N–H and O–H groups in total. The van der Waals surface area contributed by atoms with E-state index in [1.54, 1.807) is 0 Å². The van der Waals surface area contributed by atoms with Gasteiger partial charge in [0.25, 0.3) is 0 Å². The average Bonchev–Trinajstić information content (AvgIpc) is 2.38.